The van der Waals surface area contributed by atoms with Crippen LogP contribution in [0.5, 0.6) is 0 Å². The molecule has 0 bridgehead atoms. The van der Waals surface area contributed by atoms with Gasteiger partial charge in [-0.25, -0.2) is 4.98 Å². The van der Waals surface area contributed by atoms with Gasteiger partial charge in [0.2, 0.25) is 0 Å². The highest BCUT2D eigenvalue weighted by atomic mass is 32.1. The highest BCUT2D eigenvalue weighted by Crippen LogP contribution is 2.23. The molecule has 1 atom stereocenters. The van der Waals surface area contributed by atoms with Gasteiger partial charge in [-0.05, 0) is 36.4 Å². The lowest BCUT2D eigenvalue weighted by Crippen LogP contribution is -2.42. The van der Waals surface area contributed by atoms with Gasteiger partial charge in [0.05, 0.1) is 28.1 Å². The van der Waals surface area contributed by atoms with Crippen molar-refractivity contribution in [2.75, 3.05) is 13.1 Å². The summed E-state index contributed by atoms with van der Waals surface area (Å²) < 4.78 is 1.69. The Hall–Kier alpha value is -2.47. The summed E-state index contributed by atoms with van der Waals surface area (Å²) in [6.45, 7) is 1.29. The molecular formula is C18H17N3O2S. The number of aromatic nitrogens is 2. The molecule has 0 N–H and O–H groups in total. The van der Waals surface area contributed by atoms with Gasteiger partial charge >= 0.3 is 0 Å². The van der Waals surface area contributed by atoms with E-state index < -0.39 is 0 Å². The number of fused-ring (bicyclic) bond motifs is 1. The zero-order valence-corrected chi connectivity index (χ0v) is 13.9. The molecule has 4 rings (SSSR count). The second-order valence-corrected chi connectivity index (χ2v) is 6.95. The molecule has 0 aliphatic carbocycles. The number of likely N-dealkylation sites (tertiary alicyclic amines) is 1. The van der Waals surface area contributed by atoms with Gasteiger partial charge in [0, 0.05) is 13.1 Å². The van der Waals surface area contributed by atoms with Gasteiger partial charge in [0.1, 0.15) is 0 Å². The molecule has 3 heterocycles. The van der Waals surface area contributed by atoms with E-state index >= 15 is 0 Å². The third kappa shape index (κ3) is 2.63. The summed E-state index contributed by atoms with van der Waals surface area (Å²) in [7, 11) is 0. The predicted octanol–water partition coefficient (Wildman–Crippen LogP) is 2.94. The molecule has 1 fully saturated rings. The summed E-state index contributed by atoms with van der Waals surface area (Å²) in [4.78, 5) is 32.3. The summed E-state index contributed by atoms with van der Waals surface area (Å²) in [6, 6.07) is 11.1. The van der Waals surface area contributed by atoms with Crippen molar-refractivity contribution in [3.63, 3.8) is 0 Å². The van der Waals surface area contributed by atoms with E-state index in [2.05, 4.69) is 4.98 Å². The van der Waals surface area contributed by atoms with E-state index in [9.17, 15) is 9.59 Å². The standard InChI is InChI=1S/C18H17N3O2S/c22-17-14-6-1-2-7-15(14)19-12-21(17)13-5-3-9-20(11-13)18(23)16-8-4-10-24-16/h1-2,4,6-8,10,12-13H,3,5,9,11H2/t13-/m1/s1. The number of piperidine rings is 1. The van der Waals surface area contributed by atoms with Gasteiger partial charge in [0.25, 0.3) is 11.5 Å². The third-order valence-electron chi connectivity index (χ3n) is 4.50. The molecule has 0 unspecified atom stereocenters. The Balaban J connectivity index is 1.64. The molecule has 2 aromatic heterocycles. The fourth-order valence-corrected chi connectivity index (χ4v) is 3.96. The number of amides is 1. The van der Waals surface area contributed by atoms with Crippen LogP contribution in [0.25, 0.3) is 10.9 Å². The van der Waals surface area contributed by atoms with Crippen LogP contribution in [0.2, 0.25) is 0 Å². The maximum Gasteiger partial charge on any atom is 0.263 e. The lowest BCUT2D eigenvalue weighted by molar-refractivity contribution is 0.0682. The van der Waals surface area contributed by atoms with Crippen molar-refractivity contribution in [1.29, 1.82) is 0 Å². The SMILES string of the molecule is O=C(c1cccs1)N1CCC[C@@H](n2cnc3ccccc3c2=O)C1. The molecule has 1 aromatic carbocycles. The Morgan fingerprint density at radius 3 is 2.92 bits per heavy atom. The molecule has 6 heteroatoms. The number of benzene rings is 1. The largest absolute Gasteiger partial charge is 0.336 e. The second kappa shape index (κ2) is 6.20. The lowest BCUT2D eigenvalue weighted by Gasteiger charge is -2.33. The smallest absolute Gasteiger partial charge is 0.263 e. The van der Waals surface area contributed by atoms with E-state index in [-0.39, 0.29) is 17.5 Å². The Labute approximate surface area is 143 Å². The molecule has 24 heavy (non-hydrogen) atoms. The highest BCUT2D eigenvalue weighted by molar-refractivity contribution is 7.12. The van der Waals surface area contributed by atoms with Crippen LogP contribution in [0.3, 0.4) is 0 Å². The number of carbonyl (C=O) groups is 1. The first-order chi connectivity index (χ1) is 11.7. The van der Waals surface area contributed by atoms with Crippen LogP contribution < -0.4 is 5.56 Å². The molecule has 1 aliphatic heterocycles. The Bertz CT molecular complexity index is 933. The van der Waals surface area contributed by atoms with Crippen molar-refractivity contribution in [3.05, 3.63) is 63.3 Å². The first kappa shape index (κ1) is 15.1. The number of carbonyl (C=O) groups excluding carboxylic acids is 1. The van der Waals surface area contributed by atoms with E-state index in [4.69, 9.17) is 0 Å². The molecule has 0 saturated carbocycles. The number of hydrogen-bond acceptors (Lipinski definition) is 4. The first-order valence-electron chi connectivity index (χ1n) is 8.03. The molecule has 1 saturated heterocycles. The van der Waals surface area contributed by atoms with Crippen LogP contribution in [-0.4, -0.2) is 33.4 Å². The lowest BCUT2D eigenvalue weighted by atomic mass is 10.0. The molecule has 0 radical (unpaired) electrons. The molecule has 1 amide bonds. The summed E-state index contributed by atoms with van der Waals surface area (Å²) in [5.74, 6) is 0.0523. The average molecular weight is 339 g/mol. The quantitative estimate of drug-likeness (QED) is 0.721. The number of para-hydroxylation sites is 1. The Morgan fingerprint density at radius 1 is 1.21 bits per heavy atom. The summed E-state index contributed by atoms with van der Waals surface area (Å²) in [5.41, 5.74) is 0.678. The van der Waals surface area contributed by atoms with Crippen molar-refractivity contribution in [2.24, 2.45) is 0 Å². The van der Waals surface area contributed by atoms with Crippen LogP contribution in [-0.2, 0) is 0 Å². The van der Waals surface area contributed by atoms with Gasteiger partial charge in [-0.2, -0.15) is 0 Å². The van der Waals surface area contributed by atoms with Gasteiger partial charge in [0.15, 0.2) is 0 Å². The van der Waals surface area contributed by atoms with Crippen LogP contribution in [0.4, 0.5) is 0 Å². The molecule has 3 aromatic rings. The normalized spacial score (nSPS) is 18.0. The molecule has 122 valence electrons. The van der Waals surface area contributed by atoms with E-state index in [1.165, 1.54) is 11.3 Å². The second-order valence-electron chi connectivity index (χ2n) is 6.00. The topological polar surface area (TPSA) is 55.2 Å². The van der Waals surface area contributed by atoms with Crippen LogP contribution in [0, 0.1) is 0 Å². The van der Waals surface area contributed by atoms with E-state index in [0.29, 0.717) is 17.4 Å². The Kier molecular flexibility index (Phi) is 3.90. The maximum absolute atomic E-state index is 12.8. The van der Waals surface area contributed by atoms with Gasteiger partial charge < -0.3 is 4.90 Å². The van der Waals surface area contributed by atoms with Crippen molar-refractivity contribution in [2.45, 2.75) is 18.9 Å². The zero-order valence-electron chi connectivity index (χ0n) is 13.1. The minimum atomic E-state index is -0.0315. The molecule has 1 aliphatic rings. The average Bonchev–Trinajstić information content (AvgIpc) is 3.16. The number of thiophene rings is 1. The van der Waals surface area contributed by atoms with Gasteiger partial charge in [-0.1, -0.05) is 18.2 Å². The minimum Gasteiger partial charge on any atom is -0.336 e. The minimum absolute atomic E-state index is 0.0210. The first-order valence-corrected chi connectivity index (χ1v) is 8.90. The molecular weight excluding hydrogens is 322 g/mol. The van der Waals surface area contributed by atoms with Crippen molar-refractivity contribution >= 4 is 28.1 Å². The summed E-state index contributed by atoms with van der Waals surface area (Å²) >= 11 is 1.45. The fourth-order valence-electron chi connectivity index (χ4n) is 3.27. The van der Waals surface area contributed by atoms with E-state index in [1.807, 2.05) is 40.6 Å². The van der Waals surface area contributed by atoms with Crippen LogP contribution in [0.15, 0.2) is 52.9 Å². The number of hydrogen-bond donors (Lipinski definition) is 0. The number of nitrogens with zero attached hydrogens (tertiary/aromatic N) is 3. The zero-order chi connectivity index (χ0) is 16.5. The summed E-state index contributed by atoms with van der Waals surface area (Å²) in [6.07, 6.45) is 3.39. The fraction of sp³-hybridized carbons (Fsp3) is 0.278. The molecule has 5 nitrogen and oxygen atoms in total. The maximum atomic E-state index is 12.8. The summed E-state index contributed by atoms with van der Waals surface area (Å²) in [5, 5.41) is 2.54. The van der Waals surface area contributed by atoms with Gasteiger partial charge in [-0.3, -0.25) is 14.2 Å². The third-order valence-corrected chi connectivity index (χ3v) is 5.36. The highest BCUT2D eigenvalue weighted by Gasteiger charge is 2.26. The van der Waals surface area contributed by atoms with Crippen LogP contribution >= 0.6 is 11.3 Å². The molecule has 0 spiro atoms. The van der Waals surface area contributed by atoms with E-state index in [1.54, 1.807) is 17.0 Å². The number of rotatable bonds is 2. The Morgan fingerprint density at radius 2 is 2.08 bits per heavy atom. The monoisotopic (exact) mass is 339 g/mol. The van der Waals surface area contributed by atoms with Crippen molar-refractivity contribution < 1.29 is 4.79 Å². The van der Waals surface area contributed by atoms with Gasteiger partial charge in [-0.15, -0.1) is 11.3 Å². The van der Waals surface area contributed by atoms with Crippen molar-refractivity contribution in [3.8, 4) is 0 Å². The van der Waals surface area contributed by atoms with E-state index in [0.717, 1.165) is 24.3 Å². The van der Waals surface area contributed by atoms with Crippen molar-refractivity contribution in [1.82, 2.24) is 14.5 Å². The van der Waals surface area contributed by atoms with Crippen LogP contribution in [0.1, 0.15) is 28.6 Å². The predicted molar refractivity (Wildman–Crippen MR) is 94.5 cm³/mol.